The first-order valence-electron chi connectivity index (χ1n) is 8.82. The number of rotatable bonds is 7. The Bertz CT molecular complexity index is 668. The van der Waals surface area contributed by atoms with Gasteiger partial charge in [-0.05, 0) is 44.0 Å². The van der Waals surface area contributed by atoms with E-state index in [1.807, 2.05) is 0 Å². The van der Waals surface area contributed by atoms with Crippen LogP contribution in [0.5, 0.6) is 0 Å². The van der Waals surface area contributed by atoms with Gasteiger partial charge >= 0.3 is 0 Å². The standard InChI is InChI=1S/C18H25N5OS/c1-15-5-4-6-16(13-15)23-11-9-22(10-12-23)8-3-2-7-19-18(24)17-14-20-25-21-17/h4-6,13-14H,2-3,7-12H2,1H3,(H,19,24). The highest BCUT2D eigenvalue weighted by atomic mass is 32.1. The fourth-order valence-corrected chi connectivity index (χ4v) is 3.48. The zero-order valence-corrected chi connectivity index (χ0v) is 15.5. The Balaban J connectivity index is 1.30. The van der Waals surface area contributed by atoms with Gasteiger partial charge < -0.3 is 10.2 Å². The fourth-order valence-electron chi connectivity index (χ4n) is 3.07. The molecule has 6 nitrogen and oxygen atoms in total. The number of anilines is 1. The van der Waals surface area contributed by atoms with Crippen molar-refractivity contribution in [3.63, 3.8) is 0 Å². The number of hydrogen-bond donors (Lipinski definition) is 1. The maximum absolute atomic E-state index is 11.7. The van der Waals surface area contributed by atoms with Crippen LogP contribution in [-0.2, 0) is 0 Å². The van der Waals surface area contributed by atoms with Crippen LogP contribution in [-0.4, -0.2) is 58.8 Å². The minimum absolute atomic E-state index is 0.125. The van der Waals surface area contributed by atoms with Crippen LogP contribution < -0.4 is 10.2 Å². The van der Waals surface area contributed by atoms with E-state index in [1.54, 1.807) is 0 Å². The van der Waals surface area contributed by atoms with Crippen LogP contribution in [0.1, 0.15) is 28.9 Å². The summed E-state index contributed by atoms with van der Waals surface area (Å²) < 4.78 is 7.77. The molecule has 1 saturated heterocycles. The summed E-state index contributed by atoms with van der Waals surface area (Å²) in [6.45, 7) is 8.29. The second-order valence-corrected chi connectivity index (χ2v) is 6.98. The molecule has 1 aliphatic heterocycles. The zero-order chi connectivity index (χ0) is 17.5. The summed E-state index contributed by atoms with van der Waals surface area (Å²) in [5.74, 6) is -0.125. The predicted octanol–water partition coefficient (Wildman–Crippen LogP) is 2.18. The molecule has 7 heteroatoms. The second-order valence-electron chi connectivity index (χ2n) is 6.42. The maximum Gasteiger partial charge on any atom is 0.272 e. The summed E-state index contributed by atoms with van der Waals surface area (Å²) in [7, 11) is 0. The summed E-state index contributed by atoms with van der Waals surface area (Å²) in [6, 6.07) is 8.73. The molecule has 1 fully saturated rings. The van der Waals surface area contributed by atoms with E-state index < -0.39 is 0 Å². The molecule has 1 amide bonds. The lowest BCUT2D eigenvalue weighted by molar-refractivity contribution is 0.0948. The average Bonchev–Trinajstić information content (AvgIpc) is 3.17. The molecule has 2 heterocycles. The van der Waals surface area contributed by atoms with E-state index in [-0.39, 0.29) is 5.91 Å². The number of piperazine rings is 1. The van der Waals surface area contributed by atoms with Crippen molar-refractivity contribution in [1.82, 2.24) is 19.0 Å². The SMILES string of the molecule is Cc1cccc(N2CCN(CCCCNC(=O)c3cnsn3)CC2)c1. The number of aromatic nitrogens is 2. The first-order chi connectivity index (χ1) is 12.2. The van der Waals surface area contributed by atoms with Gasteiger partial charge in [-0.2, -0.15) is 8.75 Å². The first kappa shape index (κ1) is 17.8. The smallest absolute Gasteiger partial charge is 0.272 e. The molecule has 0 aliphatic carbocycles. The highest BCUT2D eigenvalue weighted by Crippen LogP contribution is 2.17. The molecule has 0 unspecified atom stereocenters. The lowest BCUT2D eigenvalue weighted by Gasteiger charge is -2.36. The quantitative estimate of drug-likeness (QED) is 0.768. The molecule has 1 N–H and O–H groups in total. The van der Waals surface area contributed by atoms with E-state index in [0.717, 1.165) is 57.3 Å². The number of unbranched alkanes of at least 4 members (excludes halogenated alkanes) is 1. The van der Waals surface area contributed by atoms with Crippen LogP contribution in [0.15, 0.2) is 30.5 Å². The van der Waals surface area contributed by atoms with Crippen LogP contribution in [0, 0.1) is 6.92 Å². The Kier molecular flexibility index (Phi) is 6.36. The molecule has 3 rings (SSSR count). The van der Waals surface area contributed by atoms with E-state index in [9.17, 15) is 4.79 Å². The molecular formula is C18H25N5OS. The molecule has 0 atom stereocenters. The number of carbonyl (C=O) groups is 1. The molecule has 1 aromatic carbocycles. The van der Waals surface area contributed by atoms with Gasteiger partial charge in [-0.15, -0.1) is 0 Å². The molecule has 0 radical (unpaired) electrons. The van der Waals surface area contributed by atoms with Gasteiger partial charge in [-0.3, -0.25) is 9.69 Å². The van der Waals surface area contributed by atoms with Crippen LogP contribution in [0.2, 0.25) is 0 Å². The number of carbonyl (C=O) groups excluding carboxylic acids is 1. The Morgan fingerprint density at radius 2 is 2.08 bits per heavy atom. The van der Waals surface area contributed by atoms with Crippen molar-refractivity contribution in [2.75, 3.05) is 44.2 Å². The van der Waals surface area contributed by atoms with Gasteiger partial charge in [0.15, 0.2) is 5.69 Å². The molecule has 2 aromatic rings. The number of amides is 1. The first-order valence-corrected chi connectivity index (χ1v) is 9.55. The molecule has 0 saturated carbocycles. The van der Waals surface area contributed by atoms with Crippen LogP contribution in [0.25, 0.3) is 0 Å². The van der Waals surface area contributed by atoms with Gasteiger partial charge in [0.05, 0.1) is 17.9 Å². The van der Waals surface area contributed by atoms with E-state index >= 15 is 0 Å². The summed E-state index contributed by atoms with van der Waals surface area (Å²) in [4.78, 5) is 16.7. The van der Waals surface area contributed by atoms with Gasteiger partial charge in [-0.1, -0.05) is 12.1 Å². The topological polar surface area (TPSA) is 61.4 Å². The normalized spacial score (nSPS) is 15.3. The molecule has 0 spiro atoms. The van der Waals surface area contributed by atoms with Gasteiger partial charge in [0, 0.05) is 38.4 Å². The third kappa shape index (κ3) is 5.24. The molecule has 1 aromatic heterocycles. The maximum atomic E-state index is 11.7. The van der Waals surface area contributed by atoms with Crippen LogP contribution in [0.4, 0.5) is 5.69 Å². The monoisotopic (exact) mass is 359 g/mol. The molecule has 0 bridgehead atoms. The number of nitrogens with one attached hydrogen (secondary N) is 1. The van der Waals surface area contributed by atoms with Crippen molar-refractivity contribution < 1.29 is 4.79 Å². The molecule has 1 aliphatic rings. The van der Waals surface area contributed by atoms with Crippen molar-refractivity contribution in [2.24, 2.45) is 0 Å². The molecule has 134 valence electrons. The minimum atomic E-state index is -0.125. The molecular weight excluding hydrogens is 334 g/mol. The number of aryl methyl sites for hydroxylation is 1. The largest absolute Gasteiger partial charge is 0.369 e. The van der Waals surface area contributed by atoms with E-state index in [4.69, 9.17) is 0 Å². The third-order valence-corrected chi connectivity index (χ3v) is 5.00. The summed E-state index contributed by atoms with van der Waals surface area (Å²) in [5.41, 5.74) is 3.06. The van der Waals surface area contributed by atoms with Crippen molar-refractivity contribution in [3.8, 4) is 0 Å². The van der Waals surface area contributed by atoms with E-state index in [0.29, 0.717) is 12.2 Å². The van der Waals surface area contributed by atoms with Crippen molar-refractivity contribution >= 4 is 23.3 Å². The third-order valence-electron chi connectivity index (χ3n) is 4.52. The lowest BCUT2D eigenvalue weighted by Crippen LogP contribution is -2.46. The van der Waals surface area contributed by atoms with Crippen LogP contribution in [0.3, 0.4) is 0 Å². The van der Waals surface area contributed by atoms with Gasteiger partial charge in [0.2, 0.25) is 0 Å². The van der Waals surface area contributed by atoms with Gasteiger partial charge in [0.25, 0.3) is 5.91 Å². The van der Waals surface area contributed by atoms with Crippen LogP contribution >= 0.6 is 11.7 Å². The van der Waals surface area contributed by atoms with Crippen molar-refractivity contribution in [3.05, 3.63) is 41.7 Å². The number of nitrogens with zero attached hydrogens (tertiary/aromatic N) is 4. The zero-order valence-electron chi connectivity index (χ0n) is 14.6. The molecule has 25 heavy (non-hydrogen) atoms. The predicted molar refractivity (Wildman–Crippen MR) is 101 cm³/mol. The highest BCUT2D eigenvalue weighted by Gasteiger charge is 2.16. The lowest BCUT2D eigenvalue weighted by atomic mass is 10.2. The van der Waals surface area contributed by atoms with Gasteiger partial charge in [0.1, 0.15) is 0 Å². The van der Waals surface area contributed by atoms with Crippen molar-refractivity contribution in [2.45, 2.75) is 19.8 Å². The van der Waals surface area contributed by atoms with Crippen molar-refractivity contribution in [1.29, 1.82) is 0 Å². The Hall–Kier alpha value is -1.99. The minimum Gasteiger partial charge on any atom is -0.369 e. The van der Waals surface area contributed by atoms with E-state index in [2.05, 4.69) is 55.1 Å². The number of hydrogen-bond acceptors (Lipinski definition) is 6. The summed E-state index contributed by atoms with van der Waals surface area (Å²) >= 11 is 1.06. The summed E-state index contributed by atoms with van der Waals surface area (Å²) in [5, 5.41) is 2.90. The Labute approximate surface area is 153 Å². The second kappa shape index (κ2) is 8.92. The number of benzene rings is 1. The Morgan fingerprint density at radius 3 is 2.80 bits per heavy atom. The Morgan fingerprint density at radius 1 is 1.24 bits per heavy atom. The van der Waals surface area contributed by atoms with E-state index in [1.165, 1.54) is 17.4 Å². The summed E-state index contributed by atoms with van der Waals surface area (Å²) in [6.07, 6.45) is 3.59. The fraction of sp³-hybridized carbons (Fsp3) is 0.500. The average molecular weight is 359 g/mol. The highest BCUT2D eigenvalue weighted by molar-refractivity contribution is 6.99. The van der Waals surface area contributed by atoms with Gasteiger partial charge in [-0.25, -0.2) is 0 Å².